The zero-order chi connectivity index (χ0) is 16.5. The molecule has 3 saturated heterocycles. The molecule has 3 aliphatic heterocycles. The van der Waals surface area contributed by atoms with Crippen LogP contribution in [-0.2, 0) is 6.42 Å². The minimum atomic E-state index is 0.0219. The van der Waals surface area contributed by atoms with Crippen LogP contribution in [-0.4, -0.2) is 41.5 Å². The van der Waals surface area contributed by atoms with Crippen molar-refractivity contribution in [1.82, 2.24) is 15.2 Å². The Hall–Kier alpha value is -1.43. The Morgan fingerprint density at radius 3 is 2.71 bits per heavy atom. The highest BCUT2D eigenvalue weighted by atomic mass is 35.5. The van der Waals surface area contributed by atoms with Crippen LogP contribution >= 0.6 is 22.9 Å². The van der Waals surface area contributed by atoms with Crippen LogP contribution in [0.3, 0.4) is 0 Å². The second kappa shape index (κ2) is 6.82. The number of nitrogens with zero attached hydrogens (tertiary/aromatic N) is 2. The third-order valence-electron chi connectivity index (χ3n) is 5.02. The van der Waals surface area contributed by atoms with E-state index in [1.165, 1.54) is 37.3 Å². The highest BCUT2D eigenvalue weighted by Crippen LogP contribution is 2.28. The van der Waals surface area contributed by atoms with E-state index < -0.39 is 0 Å². The van der Waals surface area contributed by atoms with Crippen molar-refractivity contribution in [3.8, 4) is 0 Å². The SMILES string of the molecule is O=C(N[C@H]1CN2CCC1CC2)c1cnc(Cc2ccc(Cl)cc2)s1. The van der Waals surface area contributed by atoms with Gasteiger partial charge in [-0.15, -0.1) is 11.3 Å². The molecule has 24 heavy (non-hydrogen) atoms. The second-order valence-electron chi connectivity index (χ2n) is 6.64. The van der Waals surface area contributed by atoms with Gasteiger partial charge in [0.2, 0.25) is 0 Å². The Morgan fingerprint density at radius 2 is 2.04 bits per heavy atom. The summed E-state index contributed by atoms with van der Waals surface area (Å²) in [5.41, 5.74) is 1.15. The smallest absolute Gasteiger partial charge is 0.263 e. The normalized spacial score (nSPS) is 25.6. The zero-order valence-corrected chi connectivity index (χ0v) is 14.9. The molecular formula is C18H20ClN3OS. The molecule has 4 nitrogen and oxygen atoms in total. The summed E-state index contributed by atoms with van der Waals surface area (Å²) < 4.78 is 0. The predicted octanol–water partition coefficient (Wildman–Crippen LogP) is 3.21. The van der Waals surface area contributed by atoms with Gasteiger partial charge >= 0.3 is 0 Å². The van der Waals surface area contributed by atoms with Crippen LogP contribution < -0.4 is 5.32 Å². The van der Waals surface area contributed by atoms with Crippen molar-refractivity contribution in [2.45, 2.75) is 25.3 Å². The Labute approximate surface area is 150 Å². The number of carbonyl (C=O) groups is 1. The molecule has 3 fully saturated rings. The molecule has 0 aliphatic carbocycles. The Morgan fingerprint density at radius 1 is 1.29 bits per heavy atom. The summed E-state index contributed by atoms with van der Waals surface area (Å²) in [6.07, 6.45) is 4.84. The van der Waals surface area contributed by atoms with Crippen LogP contribution in [0, 0.1) is 5.92 Å². The number of carbonyl (C=O) groups excluding carboxylic acids is 1. The number of fused-ring (bicyclic) bond motifs is 3. The lowest BCUT2D eigenvalue weighted by atomic mass is 9.84. The van der Waals surface area contributed by atoms with Crippen molar-refractivity contribution in [2.75, 3.05) is 19.6 Å². The fraction of sp³-hybridized carbons (Fsp3) is 0.444. The molecule has 0 radical (unpaired) electrons. The average molecular weight is 362 g/mol. The number of aromatic nitrogens is 1. The van der Waals surface area contributed by atoms with Gasteiger partial charge in [-0.25, -0.2) is 4.98 Å². The van der Waals surface area contributed by atoms with Gasteiger partial charge in [0.25, 0.3) is 5.91 Å². The Bertz CT molecular complexity index is 722. The summed E-state index contributed by atoms with van der Waals surface area (Å²) in [6.45, 7) is 3.36. The Balaban J connectivity index is 1.39. The third kappa shape index (κ3) is 3.48. The van der Waals surface area contributed by atoms with Crippen molar-refractivity contribution in [1.29, 1.82) is 0 Å². The molecule has 0 spiro atoms. The molecule has 4 heterocycles. The molecule has 1 amide bonds. The van der Waals surface area contributed by atoms with E-state index in [0.717, 1.165) is 28.6 Å². The van der Waals surface area contributed by atoms with Crippen LogP contribution in [0.25, 0.3) is 0 Å². The van der Waals surface area contributed by atoms with Gasteiger partial charge in [-0.2, -0.15) is 0 Å². The molecule has 1 atom stereocenters. The minimum absolute atomic E-state index is 0.0219. The molecule has 1 aromatic carbocycles. The van der Waals surface area contributed by atoms with E-state index in [1.807, 2.05) is 24.3 Å². The minimum Gasteiger partial charge on any atom is -0.347 e. The number of hydrogen-bond acceptors (Lipinski definition) is 4. The van der Waals surface area contributed by atoms with Gasteiger partial charge in [0.15, 0.2) is 0 Å². The van der Waals surface area contributed by atoms with Crippen molar-refractivity contribution in [3.05, 3.63) is 50.9 Å². The predicted molar refractivity (Wildman–Crippen MR) is 96.8 cm³/mol. The summed E-state index contributed by atoms with van der Waals surface area (Å²) in [4.78, 5) is 20.1. The topological polar surface area (TPSA) is 45.2 Å². The molecule has 1 aromatic heterocycles. The van der Waals surface area contributed by atoms with E-state index in [4.69, 9.17) is 11.6 Å². The molecule has 0 unspecified atom stereocenters. The molecule has 2 bridgehead atoms. The van der Waals surface area contributed by atoms with Crippen LogP contribution in [0.2, 0.25) is 5.02 Å². The third-order valence-corrected chi connectivity index (χ3v) is 6.27. The van der Waals surface area contributed by atoms with Crippen LogP contribution in [0.4, 0.5) is 0 Å². The molecule has 0 saturated carbocycles. The summed E-state index contributed by atoms with van der Waals surface area (Å²) in [6, 6.07) is 8.05. The van der Waals surface area contributed by atoms with E-state index in [1.54, 1.807) is 6.20 Å². The molecule has 1 N–H and O–H groups in total. The van der Waals surface area contributed by atoms with Gasteiger partial charge in [0.1, 0.15) is 4.88 Å². The van der Waals surface area contributed by atoms with Gasteiger partial charge in [-0.05, 0) is 49.5 Å². The first kappa shape index (κ1) is 16.1. The van der Waals surface area contributed by atoms with Crippen molar-refractivity contribution in [2.24, 2.45) is 5.92 Å². The lowest BCUT2D eigenvalue weighted by Gasteiger charge is -2.44. The maximum atomic E-state index is 12.5. The van der Waals surface area contributed by atoms with Crippen molar-refractivity contribution >= 4 is 28.8 Å². The number of amides is 1. The van der Waals surface area contributed by atoms with Gasteiger partial charge in [0.05, 0.1) is 11.2 Å². The highest BCUT2D eigenvalue weighted by molar-refractivity contribution is 7.13. The van der Waals surface area contributed by atoms with Gasteiger partial charge in [-0.3, -0.25) is 4.79 Å². The quantitative estimate of drug-likeness (QED) is 0.909. The molecule has 3 aliphatic rings. The zero-order valence-electron chi connectivity index (χ0n) is 13.4. The first-order valence-corrected chi connectivity index (χ1v) is 9.59. The number of nitrogens with one attached hydrogen (secondary N) is 1. The number of thiazole rings is 1. The molecule has 2 aromatic rings. The number of halogens is 1. The summed E-state index contributed by atoms with van der Waals surface area (Å²) in [5, 5.41) is 4.91. The molecule has 126 valence electrons. The number of piperidine rings is 3. The Kier molecular flexibility index (Phi) is 4.57. The van der Waals surface area contributed by atoms with Gasteiger partial charge in [-0.1, -0.05) is 23.7 Å². The fourth-order valence-electron chi connectivity index (χ4n) is 3.64. The summed E-state index contributed by atoms with van der Waals surface area (Å²) in [5.74, 6) is 0.661. The van der Waals surface area contributed by atoms with E-state index in [2.05, 4.69) is 15.2 Å². The molecule has 6 heteroatoms. The van der Waals surface area contributed by atoms with Gasteiger partial charge < -0.3 is 10.2 Å². The van der Waals surface area contributed by atoms with Crippen LogP contribution in [0.15, 0.2) is 30.5 Å². The fourth-order valence-corrected chi connectivity index (χ4v) is 4.62. The lowest BCUT2D eigenvalue weighted by molar-refractivity contribution is 0.0622. The molecular weight excluding hydrogens is 342 g/mol. The van der Waals surface area contributed by atoms with E-state index in [0.29, 0.717) is 16.8 Å². The van der Waals surface area contributed by atoms with Crippen LogP contribution in [0.1, 0.15) is 33.1 Å². The summed E-state index contributed by atoms with van der Waals surface area (Å²) >= 11 is 7.39. The first-order valence-electron chi connectivity index (χ1n) is 8.40. The largest absolute Gasteiger partial charge is 0.347 e. The van der Waals surface area contributed by atoms with E-state index in [9.17, 15) is 4.79 Å². The van der Waals surface area contributed by atoms with Crippen molar-refractivity contribution < 1.29 is 4.79 Å². The highest BCUT2D eigenvalue weighted by Gasteiger charge is 2.35. The first-order chi connectivity index (χ1) is 11.7. The maximum absolute atomic E-state index is 12.5. The number of rotatable bonds is 4. The lowest BCUT2D eigenvalue weighted by Crippen LogP contribution is -2.57. The number of benzene rings is 1. The van der Waals surface area contributed by atoms with Crippen molar-refractivity contribution in [3.63, 3.8) is 0 Å². The molecule has 5 rings (SSSR count). The second-order valence-corrected chi connectivity index (χ2v) is 8.19. The average Bonchev–Trinajstić information content (AvgIpc) is 3.07. The monoisotopic (exact) mass is 361 g/mol. The van der Waals surface area contributed by atoms with Crippen LogP contribution in [0.5, 0.6) is 0 Å². The van der Waals surface area contributed by atoms with E-state index >= 15 is 0 Å². The maximum Gasteiger partial charge on any atom is 0.263 e. The standard InChI is InChI=1S/C18H20ClN3OS/c19-14-3-1-12(2-4-14)9-17-20-10-16(24-17)18(23)21-15-11-22-7-5-13(15)6-8-22/h1-4,10,13,15H,5-9,11H2,(H,21,23)/t15-/m0/s1. The summed E-state index contributed by atoms with van der Waals surface area (Å²) in [7, 11) is 0. The number of hydrogen-bond donors (Lipinski definition) is 1. The van der Waals surface area contributed by atoms with E-state index in [-0.39, 0.29) is 5.91 Å². The van der Waals surface area contributed by atoms with Gasteiger partial charge in [0, 0.05) is 24.0 Å².